The van der Waals surface area contributed by atoms with E-state index in [1.165, 1.54) is 28.7 Å². The van der Waals surface area contributed by atoms with E-state index in [-0.39, 0.29) is 28.4 Å². The first-order valence-corrected chi connectivity index (χ1v) is 10.3. The SMILES string of the molecule is Cc1ccccc1NC(=O)CSc1nc2nccnc2c(=O)n1Cc1ccccc1. The maximum absolute atomic E-state index is 13.0. The minimum Gasteiger partial charge on any atom is -0.325 e. The lowest BCUT2D eigenvalue weighted by molar-refractivity contribution is -0.113. The Morgan fingerprint density at radius 3 is 2.57 bits per heavy atom. The van der Waals surface area contributed by atoms with E-state index in [0.717, 1.165) is 16.8 Å². The van der Waals surface area contributed by atoms with Crippen molar-refractivity contribution in [2.24, 2.45) is 0 Å². The summed E-state index contributed by atoms with van der Waals surface area (Å²) in [6.45, 7) is 2.27. The number of carbonyl (C=O) groups is 1. The molecule has 0 aliphatic carbocycles. The summed E-state index contributed by atoms with van der Waals surface area (Å²) in [5, 5.41) is 3.33. The van der Waals surface area contributed by atoms with Gasteiger partial charge in [-0.25, -0.2) is 15.0 Å². The van der Waals surface area contributed by atoms with E-state index in [2.05, 4.69) is 20.3 Å². The number of carbonyl (C=O) groups excluding carboxylic acids is 1. The van der Waals surface area contributed by atoms with Gasteiger partial charge < -0.3 is 5.32 Å². The standard InChI is InChI=1S/C22H19N5O2S/c1-15-7-5-6-10-17(15)25-18(28)14-30-22-26-20-19(23-11-12-24-20)21(29)27(22)13-16-8-3-2-4-9-16/h2-12H,13-14H2,1H3,(H,25,28). The number of benzene rings is 2. The molecule has 0 saturated carbocycles. The Bertz CT molecular complexity index is 1260. The third kappa shape index (κ3) is 4.38. The number of anilines is 1. The number of hydrogen-bond acceptors (Lipinski definition) is 6. The number of aryl methyl sites for hydroxylation is 1. The molecule has 0 fully saturated rings. The van der Waals surface area contributed by atoms with Crippen molar-refractivity contribution in [1.29, 1.82) is 0 Å². The van der Waals surface area contributed by atoms with Crippen LogP contribution in [-0.4, -0.2) is 31.2 Å². The van der Waals surface area contributed by atoms with E-state index in [9.17, 15) is 9.59 Å². The number of thioether (sulfide) groups is 1. The highest BCUT2D eigenvalue weighted by Gasteiger charge is 2.15. The van der Waals surface area contributed by atoms with Crippen molar-refractivity contribution in [2.75, 3.05) is 11.1 Å². The van der Waals surface area contributed by atoms with Crippen molar-refractivity contribution in [3.05, 3.63) is 88.5 Å². The summed E-state index contributed by atoms with van der Waals surface area (Å²) in [5.41, 5.74) is 2.91. The van der Waals surface area contributed by atoms with Gasteiger partial charge in [-0.05, 0) is 24.1 Å². The highest BCUT2D eigenvalue weighted by atomic mass is 32.2. The number of para-hydroxylation sites is 1. The molecule has 4 rings (SSSR count). The predicted molar refractivity (Wildman–Crippen MR) is 118 cm³/mol. The molecule has 1 N–H and O–H groups in total. The van der Waals surface area contributed by atoms with E-state index in [1.54, 1.807) is 0 Å². The minimum absolute atomic E-state index is 0.112. The molecule has 0 spiro atoms. The van der Waals surface area contributed by atoms with Crippen molar-refractivity contribution in [3.8, 4) is 0 Å². The highest BCUT2D eigenvalue weighted by molar-refractivity contribution is 7.99. The number of hydrogen-bond donors (Lipinski definition) is 1. The Morgan fingerprint density at radius 2 is 1.77 bits per heavy atom. The second kappa shape index (κ2) is 8.87. The Kier molecular flexibility index (Phi) is 5.85. The van der Waals surface area contributed by atoms with Gasteiger partial charge >= 0.3 is 0 Å². The number of nitrogens with zero attached hydrogens (tertiary/aromatic N) is 4. The van der Waals surface area contributed by atoms with Crippen molar-refractivity contribution >= 4 is 34.5 Å². The average Bonchev–Trinajstić information content (AvgIpc) is 2.77. The first-order valence-electron chi connectivity index (χ1n) is 9.35. The molecule has 0 saturated heterocycles. The topological polar surface area (TPSA) is 89.8 Å². The molecule has 0 aliphatic heterocycles. The average molecular weight is 417 g/mol. The number of nitrogens with one attached hydrogen (secondary N) is 1. The maximum Gasteiger partial charge on any atom is 0.282 e. The van der Waals surface area contributed by atoms with Crippen LogP contribution in [0, 0.1) is 6.92 Å². The molecule has 0 unspecified atom stereocenters. The van der Waals surface area contributed by atoms with Gasteiger partial charge in [-0.1, -0.05) is 60.3 Å². The van der Waals surface area contributed by atoms with E-state index in [1.807, 2.05) is 61.5 Å². The monoisotopic (exact) mass is 417 g/mol. The van der Waals surface area contributed by atoms with Crippen LogP contribution in [0.3, 0.4) is 0 Å². The molecule has 2 aromatic heterocycles. The summed E-state index contributed by atoms with van der Waals surface area (Å²) in [5.74, 6) is -0.0597. The van der Waals surface area contributed by atoms with Crippen LogP contribution in [0.4, 0.5) is 5.69 Å². The lowest BCUT2D eigenvalue weighted by Gasteiger charge is -2.13. The number of amides is 1. The first kappa shape index (κ1) is 19.8. The summed E-state index contributed by atoms with van der Waals surface area (Å²) in [7, 11) is 0. The molecule has 0 radical (unpaired) electrons. The lowest BCUT2D eigenvalue weighted by Crippen LogP contribution is -2.25. The molecule has 4 aromatic rings. The van der Waals surface area contributed by atoms with Crippen LogP contribution in [0.15, 0.2) is 76.9 Å². The van der Waals surface area contributed by atoms with Crippen molar-refractivity contribution < 1.29 is 4.79 Å². The molecule has 0 bridgehead atoms. The van der Waals surface area contributed by atoms with E-state index in [4.69, 9.17) is 0 Å². The van der Waals surface area contributed by atoms with E-state index in [0.29, 0.717) is 11.7 Å². The van der Waals surface area contributed by atoms with Crippen molar-refractivity contribution in [3.63, 3.8) is 0 Å². The minimum atomic E-state index is -0.279. The molecular formula is C22H19N5O2S. The van der Waals surface area contributed by atoms with Crippen LogP contribution in [0.1, 0.15) is 11.1 Å². The van der Waals surface area contributed by atoms with E-state index >= 15 is 0 Å². The molecule has 0 atom stereocenters. The van der Waals surface area contributed by atoms with Gasteiger partial charge in [0, 0.05) is 18.1 Å². The Balaban J connectivity index is 1.62. The molecule has 8 heteroatoms. The van der Waals surface area contributed by atoms with Gasteiger partial charge in [0.05, 0.1) is 12.3 Å². The zero-order chi connectivity index (χ0) is 20.9. The molecular weight excluding hydrogens is 398 g/mol. The number of aromatic nitrogens is 4. The molecule has 0 aliphatic rings. The Labute approximate surface area is 177 Å². The fraction of sp³-hybridized carbons (Fsp3) is 0.136. The number of rotatable bonds is 6. The zero-order valence-electron chi connectivity index (χ0n) is 16.3. The molecule has 30 heavy (non-hydrogen) atoms. The normalized spacial score (nSPS) is 10.8. The molecule has 2 heterocycles. The highest BCUT2D eigenvalue weighted by Crippen LogP contribution is 2.19. The summed E-state index contributed by atoms with van der Waals surface area (Å²) in [6, 6.07) is 17.2. The molecule has 2 aromatic carbocycles. The summed E-state index contributed by atoms with van der Waals surface area (Å²) >= 11 is 1.20. The largest absolute Gasteiger partial charge is 0.325 e. The van der Waals surface area contributed by atoms with Crippen LogP contribution in [0.2, 0.25) is 0 Å². The third-order valence-corrected chi connectivity index (χ3v) is 5.47. The predicted octanol–water partition coefficient (Wildman–Crippen LogP) is 3.27. The molecule has 150 valence electrons. The Morgan fingerprint density at radius 1 is 1.03 bits per heavy atom. The van der Waals surface area contributed by atoms with Gasteiger partial charge in [-0.15, -0.1) is 0 Å². The second-order valence-electron chi connectivity index (χ2n) is 6.65. The van der Waals surface area contributed by atoms with Crippen molar-refractivity contribution in [2.45, 2.75) is 18.6 Å². The fourth-order valence-corrected chi connectivity index (χ4v) is 3.76. The van der Waals surface area contributed by atoms with Gasteiger partial charge in [0.1, 0.15) is 0 Å². The summed E-state index contributed by atoms with van der Waals surface area (Å²) < 4.78 is 1.54. The fourth-order valence-electron chi connectivity index (χ4n) is 2.97. The van der Waals surface area contributed by atoms with Gasteiger partial charge in [0.15, 0.2) is 16.3 Å². The number of fused-ring (bicyclic) bond motifs is 1. The summed E-state index contributed by atoms with van der Waals surface area (Å²) in [4.78, 5) is 38.3. The van der Waals surface area contributed by atoms with Crippen LogP contribution < -0.4 is 10.9 Å². The van der Waals surface area contributed by atoms with Gasteiger partial charge in [0.25, 0.3) is 5.56 Å². The van der Waals surface area contributed by atoms with Crippen molar-refractivity contribution in [1.82, 2.24) is 19.5 Å². The molecule has 7 nitrogen and oxygen atoms in total. The summed E-state index contributed by atoms with van der Waals surface area (Å²) in [6.07, 6.45) is 2.97. The van der Waals surface area contributed by atoms with Crippen LogP contribution in [0.25, 0.3) is 11.2 Å². The maximum atomic E-state index is 13.0. The van der Waals surface area contributed by atoms with Gasteiger partial charge in [-0.3, -0.25) is 14.2 Å². The Hall–Kier alpha value is -3.52. The van der Waals surface area contributed by atoms with Gasteiger partial charge in [0.2, 0.25) is 5.91 Å². The zero-order valence-corrected chi connectivity index (χ0v) is 17.1. The second-order valence-corrected chi connectivity index (χ2v) is 7.59. The quantitative estimate of drug-likeness (QED) is 0.383. The third-order valence-electron chi connectivity index (χ3n) is 4.49. The molecule has 1 amide bonds. The first-order chi connectivity index (χ1) is 14.6. The van der Waals surface area contributed by atoms with Gasteiger partial charge in [-0.2, -0.15) is 0 Å². The van der Waals surface area contributed by atoms with Crippen LogP contribution >= 0.6 is 11.8 Å². The smallest absolute Gasteiger partial charge is 0.282 e. The lowest BCUT2D eigenvalue weighted by atomic mass is 10.2. The van der Waals surface area contributed by atoms with E-state index < -0.39 is 0 Å². The van der Waals surface area contributed by atoms with Crippen LogP contribution in [-0.2, 0) is 11.3 Å². The van der Waals surface area contributed by atoms with Crippen LogP contribution in [0.5, 0.6) is 0 Å².